The van der Waals surface area contributed by atoms with E-state index < -0.39 is 33.7 Å². The van der Waals surface area contributed by atoms with Crippen LogP contribution in [0.1, 0.15) is 108 Å². The van der Waals surface area contributed by atoms with Gasteiger partial charge in [0.05, 0.1) is 12.0 Å². The Morgan fingerprint density at radius 2 is 1.52 bits per heavy atom. The van der Waals surface area contributed by atoms with Crippen molar-refractivity contribution in [2.45, 2.75) is 108 Å². The molecule has 2 rings (SSSR count). The Hall–Kier alpha value is -2.53. The third-order valence-electron chi connectivity index (χ3n) is 9.17. The Balaban J connectivity index is 3.07. The Bertz CT molecular complexity index is 1160. The molecule has 2 bridgehead atoms. The molecule has 0 amide bonds. The molecule has 2 aliphatic rings. The van der Waals surface area contributed by atoms with Crippen molar-refractivity contribution >= 4 is 17.3 Å². The number of Topliss-reactive ketones (excluding diaryl/α,β-unsaturated/α-hetero) is 3. The van der Waals surface area contributed by atoms with Crippen LogP contribution in [-0.2, 0) is 14.4 Å². The van der Waals surface area contributed by atoms with Gasteiger partial charge >= 0.3 is 0 Å². The van der Waals surface area contributed by atoms with Crippen molar-refractivity contribution in [3.05, 3.63) is 57.9 Å². The number of hydrogen-bond donors (Lipinski definition) is 2. The lowest BCUT2D eigenvalue weighted by atomic mass is 9.38. The average molecular weight is 553 g/mol. The first-order valence-corrected chi connectivity index (χ1v) is 14.8. The van der Waals surface area contributed by atoms with Crippen LogP contribution in [0.25, 0.3) is 0 Å². The van der Waals surface area contributed by atoms with E-state index in [0.29, 0.717) is 25.7 Å². The van der Waals surface area contributed by atoms with Gasteiger partial charge in [0.1, 0.15) is 5.76 Å². The highest BCUT2D eigenvalue weighted by atomic mass is 16.3. The van der Waals surface area contributed by atoms with E-state index in [-0.39, 0.29) is 42.5 Å². The highest BCUT2D eigenvalue weighted by molar-refractivity contribution is 6.33. The van der Waals surface area contributed by atoms with E-state index in [9.17, 15) is 19.8 Å². The standard InChI is InChI=1S/C35H52O5/c1-22(2)13-15-27-20-34(19-17-24(5)6)30(38)28(16-14-23(3)4)31(39)35(32(34)40,29(37)25(7)8)33(27,10)18-11-12-26(9)21-36/h12-14,17,25,27,36,38H,11,15-16,18-21H2,1-10H3/b26-12+/t27-,33+,34-,35+/m1/s1. The molecule has 1 fully saturated rings. The topological polar surface area (TPSA) is 91.7 Å². The molecule has 1 saturated carbocycles. The number of carbonyl (C=O) groups excluding carboxylic acids is 3. The highest BCUT2D eigenvalue weighted by Crippen LogP contribution is 2.67. The van der Waals surface area contributed by atoms with Gasteiger partial charge in [0.25, 0.3) is 0 Å². The molecular formula is C35H52O5. The molecule has 0 heterocycles. The number of hydrogen-bond acceptors (Lipinski definition) is 5. The highest BCUT2D eigenvalue weighted by Gasteiger charge is 2.75. The van der Waals surface area contributed by atoms with Crippen LogP contribution in [0.4, 0.5) is 0 Å². The number of aliphatic hydroxyl groups is 2. The maximum absolute atomic E-state index is 15.0. The maximum atomic E-state index is 15.0. The van der Waals surface area contributed by atoms with Crippen molar-refractivity contribution in [2.24, 2.45) is 28.1 Å². The fourth-order valence-corrected chi connectivity index (χ4v) is 6.73. The van der Waals surface area contributed by atoms with Crippen LogP contribution in [0.3, 0.4) is 0 Å². The third-order valence-corrected chi connectivity index (χ3v) is 9.17. The van der Waals surface area contributed by atoms with Gasteiger partial charge in [-0.2, -0.15) is 0 Å². The fourth-order valence-electron chi connectivity index (χ4n) is 6.73. The van der Waals surface area contributed by atoms with Crippen LogP contribution < -0.4 is 0 Å². The van der Waals surface area contributed by atoms with E-state index in [1.807, 2.05) is 73.6 Å². The third kappa shape index (κ3) is 5.91. The first-order chi connectivity index (χ1) is 18.5. The number of ketones is 3. The molecular weight excluding hydrogens is 500 g/mol. The van der Waals surface area contributed by atoms with Crippen molar-refractivity contribution in [1.29, 1.82) is 0 Å². The van der Waals surface area contributed by atoms with E-state index in [1.165, 1.54) is 0 Å². The zero-order valence-electron chi connectivity index (χ0n) is 26.5. The van der Waals surface area contributed by atoms with Gasteiger partial charge < -0.3 is 10.2 Å². The first kappa shape index (κ1) is 33.7. The molecule has 222 valence electrons. The number of rotatable bonds is 12. The van der Waals surface area contributed by atoms with Crippen LogP contribution in [0.2, 0.25) is 0 Å². The summed E-state index contributed by atoms with van der Waals surface area (Å²) < 4.78 is 0. The van der Waals surface area contributed by atoms with Gasteiger partial charge in [-0.25, -0.2) is 0 Å². The molecule has 0 aliphatic heterocycles. The Kier molecular flexibility index (Phi) is 10.9. The van der Waals surface area contributed by atoms with E-state index >= 15 is 4.79 Å². The Labute approximate surface area is 242 Å². The molecule has 5 nitrogen and oxygen atoms in total. The predicted octanol–water partition coefficient (Wildman–Crippen LogP) is 7.96. The smallest absolute Gasteiger partial charge is 0.184 e. The van der Waals surface area contributed by atoms with Crippen molar-refractivity contribution in [3.63, 3.8) is 0 Å². The number of allylic oxidation sites excluding steroid dienone is 9. The molecule has 0 aromatic carbocycles. The van der Waals surface area contributed by atoms with Gasteiger partial charge in [-0.15, -0.1) is 0 Å². The number of fused-ring (bicyclic) bond motifs is 2. The minimum Gasteiger partial charge on any atom is -0.511 e. The molecule has 5 heteroatoms. The van der Waals surface area contributed by atoms with Gasteiger partial charge in [-0.05, 0) is 98.3 Å². The van der Waals surface area contributed by atoms with Crippen molar-refractivity contribution in [3.8, 4) is 0 Å². The van der Waals surface area contributed by atoms with Crippen LogP contribution in [0.15, 0.2) is 57.9 Å². The summed E-state index contributed by atoms with van der Waals surface area (Å²) in [6, 6.07) is 0. The van der Waals surface area contributed by atoms with Crippen LogP contribution in [0, 0.1) is 28.1 Å². The number of carbonyl (C=O) groups is 3. The molecule has 40 heavy (non-hydrogen) atoms. The van der Waals surface area contributed by atoms with Crippen LogP contribution in [-0.4, -0.2) is 34.2 Å². The maximum Gasteiger partial charge on any atom is 0.184 e. The van der Waals surface area contributed by atoms with Crippen molar-refractivity contribution < 1.29 is 24.6 Å². The van der Waals surface area contributed by atoms with Crippen LogP contribution in [0.5, 0.6) is 0 Å². The molecule has 2 aliphatic carbocycles. The fraction of sp³-hybridized carbons (Fsp3) is 0.629. The second-order valence-electron chi connectivity index (χ2n) is 13.4. The zero-order chi connectivity index (χ0) is 30.6. The lowest BCUT2D eigenvalue weighted by Crippen LogP contribution is -2.71. The van der Waals surface area contributed by atoms with Crippen LogP contribution >= 0.6 is 0 Å². The molecule has 0 unspecified atom stereocenters. The summed E-state index contributed by atoms with van der Waals surface area (Å²) in [5.74, 6) is -2.20. The van der Waals surface area contributed by atoms with E-state index in [0.717, 1.165) is 22.3 Å². The largest absolute Gasteiger partial charge is 0.511 e. The Morgan fingerprint density at radius 1 is 0.950 bits per heavy atom. The van der Waals surface area contributed by atoms with Crippen molar-refractivity contribution in [2.75, 3.05) is 6.61 Å². The zero-order valence-corrected chi connectivity index (χ0v) is 26.5. The van der Waals surface area contributed by atoms with Crippen molar-refractivity contribution in [1.82, 2.24) is 0 Å². The molecule has 0 saturated heterocycles. The molecule has 0 aromatic heterocycles. The van der Waals surface area contributed by atoms with E-state index in [2.05, 4.69) is 6.08 Å². The minimum atomic E-state index is -1.90. The van der Waals surface area contributed by atoms with Gasteiger partial charge in [0, 0.05) is 11.5 Å². The summed E-state index contributed by atoms with van der Waals surface area (Å²) in [5.41, 5.74) is -0.0745. The molecule has 2 N–H and O–H groups in total. The lowest BCUT2D eigenvalue weighted by molar-refractivity contribution is -0.180. The van der Waals surface area contributed by atoms with E-state index in [1.54, 1.807) is 13.8 Å². The summed E-state index contributed by atoms with van der Waals surface area (Å²) in [7, 11) is 0. The second kappa shape index (κ2) is 13.0. The van der Waals surface area contributed by atoms with Gasteiger partial charge in [-0.1, -0.05) is 67.4 Å². The summed E-state index contributed by atoms with van der Waals surface area (Å²) in [6.45, 7) is 19.1. The first-order valence-electron chi connectivity index (χ1n) is 14.8. The summed E-state index contributed by atoms with van der Waals surface area (Å²) in [5, 5.41) is 21.5. The molecule has 0 aromatic rings. The Morgan fingerprint density at radius 3 is 2.02 bits per heavy atom. The average Bonchev–Trinajstić information content (AvgIpc) is 2.86. The molecule has 0 spiro atoms. The van der Waals surface area contributed by atoms with Gasteiger partial charge in [0.2, 0.25) is 0 Å². The monoisotopic (exact) mass is 552 g/mol. The number of aliphatic hydroxyl groups excluding tert-OH is 2. The molecule has 0 radical (unpaired) electrons. The SMILES string of the molecule is CC(C)=CCC1=C(O)[C@@]2(CC=C(C)C)C[C@@H](CC=C(C)C)[C@](C)(CC/C=C(\C)CO)[C@@](C(=O)C(C)C)(C1=O)C2=O. The normalized spacial score (nSPS) is 28.5. The summed E-state index contributed by atoms with van der Waals surface area (Å²) >= 11 is 0. The predicted molar refractivity (Wildman–Crippen MR) is 163 cm³/mol. The van der Waals surface area contributed by atoms with E-state index in [4.69, 9.17) is 0 Å². The summed E-state index contributed by atoms with van der Waals surface area (Å²) in [4.78, 5) is 44.3. The van der Waals surface area contributed by atoms with Gasteiger partial charge in [-0.3, -0.25) is 14.4 Å². The lowest BCUT2D eigenvalue weighted by Gasteiger charge is -2.61. The quantitative estimate of drug-likeness (QED) is 0.189. The summed E-state index contributed by atoms with van der Waals surface area (Å²) in [6.07, 6.45) is 10.3. The van der Waals surface area contributed by atoms with Gasteiger partial charge in [0.15, 0.2) is 22.8 Å². The minimum absolute atomic E-state index is 0.0683. The second-order valence-corrected chi connectivity index (χ2v) is 13.4. The molecule has 4 atom stereocenters.